The van der Waals surface area contributed by atoms with E-state index in [0.29, 0.717) is 25.1 Å². The zero-order valence-electron chi connectivity index (χ0n) is 22.0. The summed E-state index contributed by atoms with van der Waals surface area (Å²) in [5.41, 5.74) is 4.31. The van der Waals surface area contributed by atoms with Crippen LogP contribution in [0.4, 0.5) is 11.4 Å². The SMILES string of the molecule is CN(C)CCCOc1ncc(-c2ccc3ncc4c(c3c2)C2(CC2)C(=O)N4C)cc1NS(=O)(=O)C1CCC1. The Bertz CT molecular complexity index is 1530. The lowest BCUT2D eigenvalue weighted by Crippen LogP contribution is -2.33. The van der Waals surface area contributed by atoms with Crippen molar-refractivity contribution >= 4 is 38.2 Å². The molecule has 2 saturated carbocycles. The van der Waals surface area contributed by atoms with Crippen molar-refractivity contribution in [3.8, 4) is 17.0 Å². The maximum Gasteiger partial charge on any atom is 0.238 e. The zero-order chi connectivity index (χ0) is 26.7. The molecule has 0 unspecified atom stereocenters. The quantitative estimate of drug-likeness (QED) is 0.414. The lowest BCUT2D eigenvalue weighted by Gasteiger charge is -2.26. The van der Waals surface area contributed by atoms with Gasteiger partial charge in [-0.3, -0.25) is 14.5 Å². The summed E-state index contributed by atoms with van der Waals surface area (Å²) in [4.78, 5) is 25.9. The lowest BCUT2D eigenvalue weighted by molar-refractivity contribution is -0.119. The molecule has 2 aliphatic carbocycles. The smallest absolute Gasteiger partial charge is 0.238 e. The van der Waals surface area contributed by atoms with Gasteiger partial charge in [-0.15, -0.1) is 0 Å². The number of amides is 1. The topological polar surface area (TPSA) is 105 Å². The molecule has 1 spiro atoms. The number of hydrogen-bond donors (Lipinski definition) is 1. The van der Waals surface area contributed by atoms with Crippen molar-refractivity contribution in [2.45, 2.75) is 49.2 Å². The van der Waals surface area contributed by atoms with Gasteiger partial charge in [0.2, 0.25) is 21.8 Å². The van der Waals surface area contributed by atoms with Gasteiger partial charge in [0.05, 0.1) is 34.7 Å². The number of pyridine rings is 2. The minimum Gasteiger partial charge on any atom is -0.476 e. The van der Waals surface area contributed by atoms with Gasteiger partial charge in [0.15, 0.2) is 0 Å². The molecule has 6 rings (SSSR count). The molecule has 1 amide bonds. The fourth-order valence-corrected chi connectivity index (χ4v) is 7.08. The van der Waals surface area contributed by atoms with Crippen LogP contribution in [0.3, 0.4) is 0 Å². The van der Waals surface area contributed by atoms with E-state index in [-0.39, 0.29) is 17.0 Å². The first-order valence-corrected chi connectivity index (χ1v) is 14.8. The van der Waals surface area contributed by atoms with Crippen LogP contribution in [0.2, 0.25) is 0 Å². The number of fused-ring (bicyclic) bond motifs is 4. The van der Waals surface area contributed by atoms with E-state index < -0.39 is 15.4 Å². The standard InChI is InChI=1S/C28H33N5O4S/c1-32(2)12-5-13-37-26-23(31-38(35,36)20-6-4-7-20)15-19(16-30-26)18-8-9-22-21(14-18)25-24(17-29-22)33(3)27(34)28(25)10-11-28/h8-9,14-17,20,31H,4-7,10-13H2,1-3H3. The number of aromatic nitrogens is 2. The van der Waals surface area contributed by atoms with Crippen LogP contribution in [0.25, 0.3) is 22.0 Å². The zero-order valence-corrected chi connectivity index (χ0v) is 22.8. The number of sulfonamides is 1. The fraction of sp³-hybridized carbons (Fsp3) is 0.464. The number of nitrogens with one attached hydrogen (secondary N) is 1. The summed E-state index contributed by atoms with van der Waals surface area (Å²) in [5.74, 6) is 0.417. The van der Waals surface area contributed by atoms with E-state index >= 15 is 0 Å². The number of likely N-dealkylation sites (N-methyl/N-ethyl adjacent to an activating group) is 1. The molecule has 0 radical (unpaired) electrons. The highest BCUT2D eigenvalue weighted by molar-refractivity contribution is 7.93. The Kier molecular flexibility index (Phi) is 6.07. The molecule has 38 heavy (non-hydrogen) atoms. The van der Waals surface area contributed by atoms with Crippen LogP contribution in [-0.4, -0.2) is 68.7 Å². The molecule has 0 saturated heterocycles. The van der Waals surface area contributed by atoms with Gasteiger partial charge in [0.25, 0.3) is 0 Å². The van der Waals surface area contributed by atoms with Gasteiger partial charge in [0.1, 0.15) is 5.69 Å². The van der Waals surface area contributed by atoms with Crippen LogP contribution >= 0.6 is 0 Å². The number of ether oxygens (including phenoxy) is 1. The first-order chi connectivity index (χ1) is 18.2. The van der Waals surface area contributed by atoms with Crippen molar-refractivity contribution in [3.63, 3.8) is 0 Å². The summed E-state index contributed by atoms with van der Waals surface area (Å²) in [6.07, 6.45) is 8.25. The third-order valence-corrected chi connectivity index (χ3v) is 9.92. The molecule has 9 nitrogen and oxygen atoms in total. The lowest BCUT2D eigenvalue weighted by atomic mass is 9.92. The van der Waals surface area contributed by atoms with Crippen LogP contribution in [0.1, 0.15) is 44.1 Å². The van der Waals surface area contributed by atoms with Crippen LogP contribution in [0.5, 0.6) is 5.88 Å². The maximum absolute atomic E-state index is 13.0. The highest BCUT2D eigenvalue weighted by atomic mass is 32.2. The second-order valence-electron chi connectivity index (χ2n) is 11.0. The van der Waals surface area contributed by atoms with Gasteiger partial charge in [-0.1, -0.05) is 12.5 Å². The number of rotatable bonds is 9. The third-order valence-electron chi connectivity index (χ3n) is 8.07. The molecule has 10 heteroatoms. The van der Waals surface area contributed by atoms with E-state index in [1.807, 2.05) is 39.3 Å². The van der Waals surface area contributed by atoms with Gasteiger partial charge in [-0.25, -0.2) is 13.4 Å². The Morgan fingerprint density at radius 1 is 1.13 bits per heavy atom. The average molecular weight is 536 g/mol. The van der Waals surface area contributed by atoms with Gasteiger partial charge < -0.3 is 14.5 Å². The van der Waals surface area contributed by atoms with E-state index in [1.54, 1.807) is 23.4 Å². The number of carbonyl (C=O) groups is 1. The van der Waals surface area contributed by atoms with Crippen LogP contribution in [0, 0.1) is 0 Å². The maximum atomic E-state index is 13.0. The van der Waals surface area contributed by atoms with Crippen LogP contribution in [0.15, 0.2) is 36.7 Å². The Morgan fingerprint density at radius 3 is 2.61 bits per heavy atom. The second kappa shape index (κ2) is 9.20. The third kappa shape index (κ3) is 4.19. The molecule has 2 fully saturated rings. The van der Waals surface area contributed by atoms with Crippen molar-refractivity contribution in [1.29, 1.82) is 0 Å². The van der Waals surface area contributed by atoms with E-state index in [1.165, 1.54) is 0 Å². The minimum atomic E-state index is -3.54. The van der Waals surface area contributed by atoms with E-state index in [0.717, 1.165) is 65.5 Å². The molecular weight excluding hydrogens is 502 g/mol. The number of hydrogen-bond acceptors (Lipinski definition) is 7. The molecule has 3 aliphatic rings. The number of nitrogens with zero attached hydrogens (tertiary/aromatic N) is 4. The van der Waals surface area contributed by atoms with Crippen molar-refractivity contribution in [2.75, 3.05) is 43.9 Å². The summed E-state index contributed by atoms with van der Waals surface area (Å²) in [5, 5.41) is 0.571. The molecule has 1 aromatic carbocycles. The Balaban J connectivity index is 1.38. The highest BCUT2D eigenvalue weighted by Crippen LogP contribution is 2.58. The predicted octanol–water partition coefficient (Wildman–Crippen LogP) is 3.93. The molecular formula is C28H33N5O4S. The Labute approximate surface area is 223 Å². The van der Waals surface area contributed by atoms with Crippen LogP contribution < -0.4 is 14.4 Å². The van der Waals surface area contributed by atoms with E-state index in [9.17, 15) is 13.2 Å². The number of benzene rings is 1. The molecule has 3 aromatic rings. The summed E-state index contributed by atoms with van der Waals surface area (Å²) >= 11 is 0. The van der Waals surface area contributed by atoms with Crippen molar-refractivity contribution in [3.05, 3.63) is 42.2 Å². The molecule has 1 N–H and O–H groups in total. The first kappa shape index (κ1) is 25.1. The predicted molar refractivity (Wildman–Crippen MR) is 148 cm³/mol. The average Bonchev–Trinajstić information content (AvgIpc) is 3.61. The van der Waals surface area contributed by atoms with Crippen molar-refractivity contribution in [1.82, 2.24) is 14.9 Å². The van der Waals surface area contributed by atoms with Crippen molar-refractivity contribution in [2.24, 2.45) is 0 Å². The second-order valence-corrected chi connectivity index (χ2v) is 12.9. The molecule has 2 aromatic heterocycles. The van der Waals surface area contributed by atoms with E-state index in [2.05, 4.69) is 19.6 Å². The largest absolute Gasteiger partial charge is 0.476 e. The fourth-order valence-electron chi connectivity index (χ4n) is 5.51. The summed E-state index contributed by atoms with van der Waals surface area (Å²) in [7, 11) is 2.27. The summed E-state index contributed by atoms with van der Waals surface area (Å²) in [6.45, 7) is 1.29. The normalized spacial score (nSPS) is 18.2. The monoisotopic (exact) mass is 535 g/mol. The van der Waals surface area contributed by atoms with Gasteiger partial charge >= 0.3 is 0 Å². The minimum absolute atomic E-state index is 0.136. The summed E-state index contributed by atoms with van der Waals surface area (Å²) in [6, 6.07) is 7.76. The van der Waals surface area contributed by atoms with Gasteiger partial charge in [-0.2, -0.15) is 0 Å². The molecule has 0 atom stereocenters. The molecule has 3 heterocycles. The van der Waals surface area contributed by atoms with Gasteiger partial charge in [-0.05, 0) is 70.0 Å². The first-order valence-electron chi connectivity index (χ1n) is 13.2. The Morgan fingerprint density at radius 2 is 1.92 bits per heavy atom. The van der Waals surface area contributed by atoms with E-state index in [4.69, 9.17) is 4.74 Å². The summed E-state index contributed by atoms with van der Waals surface area (Å²) < 4.78 is 34.7. The van der Waals surface area contributed by atoms with Crippen LogP contribution in [-0.2, 0) is 20.2 Å². The van der Waals surface area contributed by atoms with Crippen molar-refractivity contribution < 1.29 is 17.9 Å². The molecule has 0 bridgehead atoms. The number of anilines is 2. The molecule has 1 aliphatic heterocycles. The molecule has 200 valence electrons. The van der Waals surface area contributed by atoms with Gasteiger partial charge in [0, 0.05) is 36.3 Å². The highest BCUT2D eigenvalue weighted by Gasteiger charge is 2.59. The number of carbonyl (C=O) groups excluding carboxylic acids is 1. The Hall–Kier alpha value is -3.24.